The molecule has 0 fully saturated rings. The molecule has 1 rings (SSSR count). The summed E-state index contributed by atoms with van der Waals surface area (Å²) in [6.45, 7) is 2.29. The van der Waals surface area contributed by atoms with Crippen molar-refractivity contribution in [3.8, 4) is 0 Å². The van der Waals surface area contributed by atoms with Gasteiger partial charge in [0, 0.05) is 32.4 Å². The Kier molecular flexibility index (Phi) is 5.61. The summed E-state index contributed by atoms with van der Waals surface area (Å²) in [7, 11) is 1.58. The summed E-state index contributed by atoms with van der Waals surface area (Å²) in [5.74, 6) is 0. The van der Waals surface area contributed by atoms with Gasteiger partial charge in [0.1, 0.15) is 0 Å². The second-order valence-electron chi connectivity index (χ2n) is 4.41. The fourth-order valence-corrected chi connectivity index (χ4v) is 1.38. The monoisotopic (exact) mass is 252 g/mol. The molecule has 0 saturated carbocycles. The molecular weight excluding hydrogens is 232 g/mol. The number of rotatable bonds is 6. The summed E-state index contributed by atoms with van der Waals surface area (Å²) in [5, 5.41) is 15.2. The smallest absolute Gasteiger partial charge is 0.319 e. The first-order valence-corrected chi connectivity index (χ1v) is 5.85. The minimum absolute atomic E-state index is 0.176. The molecule has 0 bridgehead atoms. The van der Waals surface area contributed by atoms with Crippen LogP contribution in [0.25, 0.3) is 0 Å². The highest BCUT2D eigenvalue weighted by Crippen LogP contribution is 2.08. The third kappa shape index (κ3) is 5.65. The van der Waals surface area contributed by atoms with Crippen LogP contribution in [-0.2, 0) is 4.74 Å². The van der Waals surface area contributed by atoms with E-state index in [0.717, 1.165) is 0 Å². The minimum atomic E-state index is -0.968. The van der Waals surface area contributed by atoms with Crippen LogP contribution in [0.15, 0.2) is 30.3 Å². The zero-order chi connectivity index (χ0) is 13.4. The molecule has 18 heavy (non-hydrogen) atoms. The highest BCUT2D eigenvalue weighted by molar-refractivity contribution is 5.89. The third-order valence-electron chi connectivity index (χ3n) is 2.51. The summed E-state index contributed by atoms with van der Waals surface area (Å²) < 4.78 is 4.89. The number of carbonyl (C=O) groups is 1. The van der Waals surface area contributed by atoms with E-state index in [-0.39, 0.29) is 12.6 Å². The molecule has 0 aliphatic rings. The molecule has 0 aromatic heterocycles. The largest absolute Gasteiger partial charge is 0.388 e. The first kappa shape index (κ1) is 14.5. The normalized spacial score (nSPS) is 13.7. The third-order valence-corrected chi connectivity index (χ3v) is 2.51. The fraction of sp³-hybridized carbons (Fsp3) is 0.462. The van der Waals surface area contributed by atoms with Crippen molar-refractivity contribution in [1.82, 2.24) is 5.32 Å². The van der Waals surface area contributed by atoms with E-state index in [1.165, 1.54) is 0 Å². The van der Waals surface area contributed by atoms with Gasteiger partial charge < -0.3 is 20.5 Å². The van der Waals surface area contributed by atoms with Crippen molar-refractivity contribution in [2.45, 2.75) is 18.9 Å². The molecule has 1 aromatic carbocycles. The average molecular weight is 252 g/mol. The average Bonchev–Trinajstić information content (AvgIpc) is 2.36. The van der Waals surface area contributed by atoms with Gasteiger partial charge in [-0.2, -0.15) is 0 Å². The van der Waals surface area contributed by atoms with Crippen LogP contribution in [0.5, 0.6) is 0 Å². The second kappa shape index (κ2) is 6.98. The molecule has 3 N–H and O–H groups in total. The minimum Gasteiger partial charge on any atom is -0.388 e. The van der Waals surface area contributed by atoms with Crippen LogP contribution in [0.1, 0.15) is 13.3 Å². The molecule has 0 radical (unpaired) electrons. The molecule has 5 nitrogen and oxygen atoms in total. The number of hydrogen-bond acceptors (Lipinski definition) is 3. The lowest BCUT2D eigenvalue weighted by Crippen LogP contribution is -2.42. The molecule has 1 atom stereocenters. The number of carbonyl (C=O) groups excluding carboxylic acids is 1. The summed E-state index contributed by atoms with van der Waals surface area (Å²) in [4.78, 5) is 11.6. The van der Waals surface area contributed by atoms with E-state index >= 15 is 0 Å². The van der Waals surface area contributed by atoms with Crippen molar-refractivity contribution in [3.05, 3.63) is 30.3 Å². The van der Waals surface area contributed by atoms with Gasteiger partial charge in [-0.05, 0) is 19.1 Å². The summed E-state index contributed by atoms with van der Waals surface area (Å²) in [6, 6.07) is 8.80. The van der Waals surface area contributed by atoms with Gasteiger partial charge in [0.2, 0.25) is 0 Å². The predicted octanol–water partition coefficient (Wildman–Crippen LogP) is 1.60. The topological polar surface area (TPSA) is 70.6 Å². The second-order valence-corrected chi connectivity index (χ2v) is 4.41. The maximum Gasteiger partial charge on any atom is 0.319 e. The van der Waals surface area contributed by atoms with Crippen LogP contribution in [0.2, 0.25) is 0 Å². The standard InChI is InChI=1S/C13H20N2O3/c1-13(17,8-9-18-2)10-14-12(16)15-11-6-4-3-5-7-11/h3-7,17H,8-10H2,1-2H3,(H2,14,15,16). The maximum absolute atomic E-state index is 11.6. The Hall–Kier alpha value is -1.59. The van der Waals surface area contributed by atoms with E-state index in [1.54, 1.807) is 26.2 Å². The van der Waals surface area contributed by atoms with E-state index in [2.05, 4.69) is 10.6 Å². The van der Waals surface area contributed by atoms with Gasteiger partial charge in [0.25, 0.3) is 0 Å². The molecule has 2 amide bonds. The zero-order valence-corrected chi connectivity index (χ0v) is 10.8. The fourth-order valence-electron chi connectivity index (χ4n) is 1.38. The van der Waals surface area contributed by atoms with Crippen LogP contribution in [0.4, 0.5) is 10.5 Å². The number of ether oxygens (including phenoxy) is 1. The van der Waals surface area contributed by atoms with Gasteiger partial charge in [-0.1, -0.05) is 18.2 Å². The van der Waals surface area contributed by atoms with Crippen LogP contribution in [0.3, 0.4) is 0 Å². The lowest BCUT2D eigenvalue weighted by Gasteiger charge is -2.23. The van der Waals surface area contributed by atoms with Crippen molar-refractivity contribution < 1.29 is 14.6 Å². The van der Waals surface area contributed by atoms with Crippen LogP contribution in [0, 0.1) is 0 Å². The molecule has 0 aliphatic carbocycles. The van der Waals surface area contributed by atoms with Crippen LogP contribution < -0.4 is 10.6 Å². The number of nitrogens with one attached hydrogen (secondary N) is 2. The maximum atomic E-state index is 11.6. The van der Waals surface area contributed by atoms with Crippen molar-refractivity contribution in [2.75, 3.05) is 25.6 Å². The summed E-state index contributed by atoms with van der Waals surface area (Å²) >= 11 is 0. The number of urea groups is 1. The van der Waals surface area contributed by atoms with E-state index in [9.17, 15) is 9.90 Å². The Labute approximate surface area is 107 Å². The van der Waals surface area contributed by atoms with Crippen LogP contribution in [-0.4, -0.2) is 37.0 Å². The van der Waals surface area contributed by atoms with E-state index in [0.29, 0.717) is 18.7 Å². The highest BCUT2D eigenvalue weighted by Gasteiger charge is 2.20. The number of aliphatic hydroxyl groups is 1. The van der Waals surface area contributed by atoms with E-state index in [4.69, 9.17) is 4.74 Å². The first-order chi connectivity index (χ1) is 8.53. The number of amides is 2. The van der Waals surface area contributed by atoms with Crippen molar-refractivity contribution in [2.24, 2.45) is 0 Å². The van der Waals surface area contributed by atoms with Gasteiger partial charge in [-0.3, -0.25) is 0 Å². The predicted molar refractivity (Wildman–Crippen MR) is 70.6 cm³/mol. The SMILES string of the molecule is COCCC(C)(O)CNC(=O)Nc1ccccc1. The summed E-state index contributed by atoms with van der Waals surface area (Å²) in [6.07, 6.45) is 0.467. The molecule has 0 saturated heterocycles. The van der Waals surface area contributed by atoms with Gasteiger partial charge in [-0.15, -0.1) is 0 Å². The van der Waals surface area contributed by atoms with Crippen LogP contribution >= 0.6 is 0 Å². The molecule has 1 aromatic rings. The quantitative estimate of drug-likeness (QED) is 0.720. The Balaban J connectivity index is 2.33. The molecular formula is C13H20N2O3. The number of anilines is 1. The number of hydrogen-bond donors (Lipinski definition) is 3. The Morgan fingerprint density at radius 2 is 2.06 bits per heavy atom. The highest BCUT2D eigenvalue weighted by atomic mass is 16.5. The van der Waals surface area contributed by atoms with Gasteiger partial charge in [-0.25, -0.2) is 4.79 Å². The lowest BCUT2D eigenvalue weighted by molar-refractivity contribution is 0.0273. The number of methoxy groups -OCH3 is 1. The Morgan fingerprint density at radius 3 is 2.67 bits per heavy atom. The Bertz CT molecular complexity index is 366. The molecule has 5 heteroatoms. The van der Waals surface area contributed by atoms with Crippen molar-refractivity contribution >= 4 is 11.7 Å². The zero-order valence-electron chi connectivity index (χ0n) is 10.8. The van der Waals surface area contributed by atoms with Crippen molar-refractivity contribution in [1.29, 1.82) is 0 Å². The molecule has 0 heterocycles. The van der Waals surface area contributed by atoms with Gasteiger partial charge in [0.05, 0.1) is 5.60 Å². The summed E-state index contributed by atoms with van der Waals surface area (Å²) in [5.41, 5.74) is -0.254. The van der Waals surface area contributed by atoms with Crippen molar-refractivity contribution in [3.63, 3.8) is 0 Å². The molecule has 100 valence electrons. The Morgan fingerprint density at radius 1 is 1.39 bits per heavy atom. The van der Waals surface area contributed by atoms with Gasteiger partial charge >= 0.3 is 6.03 Å². The van der Waals surface area contributed by atoms with E-state index < -0.39 is 5.60 Å². The number of para-hydroxylation sites is 1. The molecule has 1 unspecified atom stereocenters. The lowest BCUT2D eigenvalue weighted by atomic mass is 10.0. The first-order valence-electron chi connectivity index (χ1n) is 5.85. The number of benzene rings is 1. The van der Waals surface area contributed by atoms with E-state index in [1.807, 2.05) is 18.2 Å². The van der Waals surface area contributed by atoms with Gasteiger partial charge in [0.15, 0.2) is 0 Å². The molecule has 0 aliphatic heterocycles. The molecule has 0 spiro atoms.